The third-order valence-electron chi connectivity index (χ3n) is 5.42. The van der Waals surface area contributed by atoms with Crippen molar-refractivity contribution in [3.63, 3.8) is 0 Å². The molecule has 1 aliphatic heterocycles. The highest BCUT2D eigenvalue weighted by atomic mass is 32.2. The number of thiophene rings is 1. The minimum atomic E-state index is -3.35. The summed E-state index contributed by atoms with van der Waals surface area (Å²) >= 11 is 1.27. The van der Waals surface area contributed by atoms with E-state index in [9.17, 15) is 8.42 Å². The zero-order chi connectivity index (χ0) is 17.3. The quantitative estimate of drug-likeness (QED) is 0.873. The van der Waals surface area contributed by atoms with Crippen LogP contribution < -0.4 is 4.72 Å². The molecule has 0 radical (unpaired) electrons. The first-order valence-electron chi connectivity index (χ1n) is 8.96. The Hall–Kier alpha value is -1.21. The van der Waals surface area contributed by atoms with Gasteiger partial charge in [0.1, 0.15) is 4.21 Å². The molecule has 0 spiro atoms. The average molecular weight is 377 g/mol. The van der Waals surface area contributed by atoms with Gasteiger partial charge in [0.15, 0.2) is 0 Å². The highest BCUT2D eigenvalue weighted by Gasteiger charge is 2.30. The fourth-order valence-corrected chi connectivity index (χ4v) is 6.26. The molecule has 134 valence electrons. The Balaban J connectivity index is 1.34. The van der Waals surface area contributed by atoms with E-state index in [4.69, 9.17) is 0 Å². The Morgan fingerprint density at radius 2 is 1.88 bits per heavy atom. The van der Waals surface area contributed by atoms with Gasteiger partial charge in [-0.1, -0.05) is 30.3 Å². The lowest BCUT2D eigenvalue weighted by Gasteiger charge is -2.36. The van der Waals surface area contributed by atoms with Crippen LogP contribution in [0.3, 0.4) is 0 Å². The average Bonchev–Trinajstić information content (AvgIpc) is 3.30. The molecule has 2 aromatic rings. The van der Waals surface area contributed by atoms with Gasteiger partial charge < -0.3 is 0 Å². The smallest absolute Gasteiger partial charge is 0.250 e. The van der Waals surface area contributed by atoms with Crippen LogP contribution in [0.1, 0.15) is 24.0 Å². The van der Waals surface area contributed by atoms with Gasteiger partial charge in [-0.15, -0.1) is 11.3 Å². The summed E-state index contributed by atoms with van der Waals surface area (Å²) < 4.78 is 27.8. The van der Waals surface area contributed by atoms with Crippen LogP contribution >= 0.6 is 11.3 Å². The standard InChI is InChI=1S/C19H24N2O2S2/c22-25(23,19-8-4-10-24-19)20-13-15-5-3-9-21(14-15)18-11-16-6-1-2-7-17(16)12-18/h1-2,4,6-8,10,15,18,20H,3,5,9,11-14H2. The first kappa shape index (κ1) is 17.2. The van der Waals surface area contributed by atoms with E-state index in [1.54, 1.807) is 17.5 Å². The lowest BCUT2D eigenvalue weighted by Crippen LogP contribution is -2.46. The van der Waals surface area contributed by atoms with Gasteiger partial charge in [0, 0.05) is 19.1 Å². The van der Waals surface area contributed by atoms with Crippen LogP contribution in [-0.4, -0.2) is 39.0 Å². The number of hydrogen-bond donors (Lipinski definition) is 1. The number of hydrogen-bond acceptors (Lipinski definition) is 4. The van der Waals surface area contributed by atoms with Crippen molar-refractivity contribution in [2.45, 2.75) is 35.9 Å². The van der Waals surface area contributed by atoms with E-state index in [0.29, 0.717) is 22.7 Å². The molecule has 0 bridgehead atoms. The van der Waals surface area contributed by atoms with E-state index in [0.717, 1.165) is 38.8 Å². The molecule has 0 saturated carbocycles. The number of benzene rings is 1. The molecular weight excluding hydrogens is 352 g/mol. The van der Waals surface area contributed by atoms with Crippen LogP contribution in [0.4, 0.5) is 0 Å². The predicted octanol–water partition coefficient (Wildman–Crippen LogP) is 2.91. The van der Waals surface area contributed by atoms with Crippen molar-refractivity contribution in [3.8, 4) is 0 Å². The number of nitrogens with zero attached hydrogens (tertiary/aromatic N) is 1. The SMILES string of the molecule is O=S(=O)(NCC1CCCN(C2Cc3ccccc3C2)C1)c1cccs1. The molecule has 6 heteroatoms. The van der Waals surface area contributed by atoms with Gasteiger partial charge in [0.2, 0.25) is 10.0 Å². The van der Waals surface area contributed by atoms with Crippen LogP contribution in [0.2, 0.25) is 0 Å². The highest BCUT2D eigenvalue weighted by molar-refractivity contribution is 7.91. The molecule has 2 heterocycles. The van der Waals surface area contributed by atoms with Gasteiger partial charge in [-0.3, -0.25) is 4.90 Å². The van der Waals surface area contributed by atoms with Gasteiger partial charge in [-0.05, 0) is 60.7 Å². The van der Waals surface area contributed by atoms with Crippen molar-refractivity contribution >= 4 is 21.4 Å². The Morgan fingerprint density at radius 3 is 2.56 bits per heavy atom. The highest BCUT2D eigenvalue weighted by Crippen LogP contribution is 2.28. The van der Waals surface area contributed by atoms with E-state index in [1.807, 2.05) is 0 Å². The molecular formula is C19H24N2O2S2. The third kappa shape index (κ3) is 3.82. The summed E-state index contributed by atoms with van der Waals surface area (Å²) in [6.45, 7) is 2.66. The number of nitrogens with one attached hydrogen (secondary N) is 1. The van der Waals surface area contributed by atoms with Crippen molar-refractivity contribution in [1.82, 2.24) is 9.62 Å². The fourth-order valence-electron chi connectivity index (χ4n) is 4.10. The first-order valence-corrected chi connectivity index (χ1v) is 11.3. The van der Waals surface area contributed by atoms with E-state index in [-0.39, 0.29) is 0 Å². The third-order valence-corrected chi connectivity index (χ3v) is 8.24. The summed E-state index contributed by atoms with van der Waals surface area (Å²) in [4.78, 5) is 2.58. The second-order valence-electron chi connectivity index (χ2n) is 7.12. The monoisotopic (exact) mass is 376 g/mol. The van der Waals surface area contributed by atoms with Gasteiger partial charge in [0.05, 0.1) is 0 Å². The Bertz CT molecular complexity index is 793. The Labute approximate surface area is 153 Å². The number of piperidine rings is 1. The predicted molar refractivity (Wildman–Crippen MR) is 101 cm³/mol. The maximum atomic E-state index is 12.3. The molecule has 4 rings (SSSR count). The molecule has 1 fully saturated rings. The lowest BCUT2D eigenvalue weighted by atomic mass is 9.96. The molecule has 1 N–H and O–H groups in total. The largest absolute Gasteiger partial charge is 0.299 e. The molecule has 0 amide bonds. The minimum absolute atomic E-state index is 0.396. The molecule has 25 heavy (non-hydrogen) atoms. The van der Waals surface area contributed by atoms with Crippen molar-refractivity contribution in [2.75, 3.05) is 19.6 Å². The number of likely N-dealkylation sites (tertiary alicyclic amines) is 1. The van der Waals surface area contributed by atoms with Crippen molar-refractivity contribution < 1.29 is 8.42 Å². The van der Waals surface area contributed by atoms with Gasteiger partial charge in [-0.2, -0.15) is 0 Å². The zero-order valence-corrected chi connectivity index (χ0v) is 15.9. The van der Waals surface area contributed by atoms with Crippen LogP contribution in [0.25, 0.3) is 0 Å². The molecule has 1 aromatic heterocycles. The lowest BCUT2D eigenvalue weighted by molar-refractivity contribution is 0.128. The van der Waals surface area contributed by atoms with Crippen LogP contribution in [0.15, 0.2) is 46.0 Å². The summed E-state index contributed by atoms with van der Waals surface area (Å²) in [5.41, 5.74) is 2.96. The minimum Gasteiger partial charge on any atom is -0.299 e. The van der Waals surface area contributed by atoms with Crippen molar-refractivity contribution in [3.05, 3.63) is 52.9 Å². The van der Waals surface area contributed by atoms with E-state index in [1.165, 1.54) is 22.5 Å². The van der Waals surface area contributed by atoms with Crippen molar-refractivity contribution in [2.24, 2.45) is 5.92 Å². The first-order chi connectivity index (χ1) is 12.1. The van der Waals surface area contributed by atoms with Crippen molar-refractivity contribution in [1.29, 1.82) is 0 Å². The van der Waals surface area contributed by atoms with Gasteiger partial charge in [0.25, 0.3) is 0 Å². The summed E-state index contributed by atoms with van der Waals surface area (Å²) in [6, 6.07) is 12.8. The topological polar surface area (TPSA) is 49.4 Å². The van der Waals surface area contributed by atoms with E-state index in [2.05, 4.69) is 33.9 Å². The van der Waals surface area contributed by atoms with Crippen LogP contribution in [0, 0.1) is 5.92 Å². The molecule has 2 aliphatic rings. The molecule has 1 unspecified atom stereocenters. The summed E-state index contributed by atoms with van der Waals surface area (Å²) in [7, 11) is -3.35. The normalized spacial score (nSPS) is 22.2. The molecule has 4 nitrogen and oxygen atoms in total. The molecule has 1 saturated heterocycles. The Morgan fingerprint density at radius 1 is 1.12 bits per heavy atom. The van der Waals surface area contributed by atoms with E-state index >= 15 is 0 Å². The van der Waals surface area contributed by atoms with Gasteiger partial charge >= 0.3 is 0 Å². The zero-order valence-electron chi connectivity index (χ0n) is 14.2. The van der Waals surface area contributed by atoms with Crippen LogP contribution in [-0.2, 0) is 22.9 Å². The summed E-state index contributed by atoms with van der Waals surface area (Å²) in [6.07, 6.45) is 4.51. The fraction of sp³-hybridized carbons (Fsp3) is 0.474. The Kier molecular flexibility index (Phi) is 4.95. The van der Waals surface area contributed by atoms with Gasteiger partial charge in [-0.25, -0.2) is 13.1 Å². The maximum Gasteiger partial charge on any atom is 0.250 e. The second kappa shape index (κ2) is 7.19. The number of rotatable bonds is 5. The molecule has 1 aromatic carbocycles. The molecule has 1 aliphatic carbocycles. The molecule has 1 atom stereocenters. The summed E-state index contributed by atoms with van der Waals surface area (Å²) in [5.74, 6) is 0.396. The summed E-state index contributed by atoms with van der Waals surface area (Å²) in [5, 5.41) is 1.80. The number of sulfonamides is 1. The van der Waals surface area contributed by atoms with Crippen LogP contribution in [0.5, 0.6) is 0 Å². The van der Waals surface area contributed by atoms with E-state index < -0.39 is 10.0 Å². The maximum absolute atomic E-state index is 12.3. The second-order valence-corrected chi connectivity index (χ2v) is 10.1. The number of fused-ring (bicyclic) bond motifs is 1.